The van der Waals surface area contributed by atoms with E-state index < -0.39 is 10.0 Å². The van der Waals surface area contributed by atoms with Gasteiger partial charge in [0.05, 0.1) is 14.2 Å². The summed E-state index contributed by atoms with van der Waals surface area (Å²) in [4.78, 5) is 0.699. The Kier molecular flexibility index (Phi) is 4.64. The summed E-state index contributed by atoms with van der Waals surface area (Å²) in [5.41, 5.74) is 0. The predicted molar refractivity (Wildman–Crippen MR) is 87.1 cm³/mol. The largest absolute Gasteiger partial charge is 0.497 e. The molecular weight excluding hydrogens is 354 g/mol. The minimum Gasteiger partial charge on any atom is -0.497 e. The molecule has 0 spiro atoms. The van der Waals surface area contributed by atoms with Crippen molar-refractivity contribution in [3.05, 3.63) is 29.5 Å². The van der Waals surface area contributed by atoms with Gasteiger partial charge in [0, 0.05) is 19.0 Å². The van der Waals surface area contributed by atoms with Crippen molar-refractivity contribution >= 4 is 26.3 Å². The number of benzene rings is 1. The normalized spacial score (nSPS) is 11.8. The van der Waals surface area contributed by atoms with Crippen LogP contribution in [0.2, 0.25) is 0 Å². The summed E-state index contributed by atoms with van der Waals surface area (Å²) in [6.45, 7) is 0.201. The number of aromatic nitrogens is 4. The summed E-state index contributed by atoms with van der Waals surface area (Å²) in [6, 6.07) is 4.61. The standard InChI is InChI=1S/C13H15N5O4S2/c1-21-9-3-4-10(22-2)11(7-9)24(19,20)15-6-5-12-17-18-8-14-16-13(18)23-12/h3-4,7-8,15H,5-6H2,1-2H3. The summed E-state index contributed by atoms with van der Waals surface area (Å²) in [5, 5.41) is 12.6. The lowest BCUT2D eigenvalue weighted by Crippen LogP contribution is -2.26. The molecule has 9 nitrogen and oxygen atoms in total. The molecule has 0 saturated carbocycles. The Morgan fingerprint density at radius 2 is 2.12 bits per heavy atom. The topological polar surface area (TPSA) is 108 Å². The Bertz CT molecular complexity index is 922. The molecule has 1 aromatic carbocycles. The second kappa shape index (κ2) is 6.71. The monoisotopic (exact) mass is 369 g/mol. The minimum atomic E-state index is -3.74. The van der Waals surface area contributed by atoms with Gasteiger partial charge in [0.15, 0.2) is 0 Å². The highest BCUT2D eigenvalue weighted by Gasteiger charge is 2.20. The van der Waals surface area contributed by atoms with Gasteiger partial charge in [-0.2, -0.15) is 9.61 Å². The first kappa shape index (κ1) is 16.6. The Morgan fingerprint density at radius 1 is 1.29 bits per heavy atom. The molecule has 1 N–H and O–H groups in total. The van der Waals surface area contributed by atoms with Crippen molar-refractivity contribution in [2.75, 3.05) is 20.8 Å². The average molecular weight is 369 g/mol. The second-order valence-corrected chi connectivity index (χ2v) is 7.49. The van der Waals surface area contributed by atoms with Crippen molar-refractivity contribution in [3.63, 3.8) is 0 Å². The van der Waals surface area contributed by atoms with E-state index in [0.717, 1.165) is 5.01 Å². The number of ether oxygens (including phenoxy) is 2. The maximum absolute atomic E-state index is 12.5. The maximum Gasteiger partial charge on any atom is 0.244 e. The molecule has 0 radical (unpaired) electrons. The molecule has 3 aromatic rings. The van der Waals surface area contributed by atoms with E-state index in [4.69, 9.17) is 9.47 Å². The fourth-order valence-corrected chi connectivity index (χ4v) is 4.09. The van der Waals surface area contributed by atoms with Crippen LogP contribution in [0.15, 0.2) is 29.4 Å². The Hall–Kier alpha value is -2.24. The molecule has 0 amide bonds. The van der Waals surface area contributed by atoms with Crippen LogP contribution in [0.4, 0.5) is 0 Å². The summed E-state index contributed by atoms with van der Waals surface area (Å²) < 4.78 is 39.3. The number of rotatable bonds is 7. The zero-order valence-electron chi connectivity index (χ0n) is 13.0. The van der Waals surface area contributed by atoms with Crippen LogP contribution in [0.25, 0.3) is 4.96 Å². The molecule has 0 saturated heterocycles. The fourth-order valence-electron chi connectivity index (χ4n) is 2.07. The van der Waals surface area contributed by atoms with Crippen molar-refractivity contribution in [2.24, 2.45) is 0 Å². The number of sulfonamides is 1. The third-order valence-electron chi connectivity index (χ3n) is 3.22. The lowest BCUT2D eigenvalue weighted by molar-refractivity contribution is 0.392. The lowest BCUT2D eigenvalue weighted by Gasteiger charge is -2.11. The van der Waals surface area contributed by atoms with E-state index in [-0.39, 0.29) is 17.2 Å². The van der Waals surface area contributed by atoms with Gasteiger partial charge in [0.2, 0.25) is 15.0 Å². The van der Waals surface area contributed by atoms with Crippen molar-refractivity contribution in [2.45, 2.75) is 11.3 Å². The Balaban J connectivity index is 1.72. The van der Waals surface area contributed by atoms with Gasteiger partial charge in [0.25, 0.3) is 0 Å². The molecule has 11 heteroatoms. The molecule has 0 bridgehead atoms. The minimum absolute atomic E-state index is 0.0301. The lowest BCUT2D eigenvalue weighted by atomic mass is 10.3. The average Bonchev–Trinajstić information content (AvgIpc) is 3.15. The molecule has 3 rings (SSSR count). The van der Waals surface area contributed by atoms with E-state index in [1.54, 1.807) is 16.6 Å². The number of nitrogens with zero attached hydrogens (tertiary/aromatic N) is 4. The van der Waals surface area contributed by atoms with Gasteiger partial charge in [-0.25, -0.2) is 13.1 Å². The Morgan fingerprint density at radius 3 is 2.83 bits per heavy atom. The van der Waals surface area contributed by atoms with Gasteiger partial charge in [0.1, 0.15) is 27.7 Å². The van der Waals surface area contributed by atoms with Crippen LogP contribution >= 0.6 is 11.3 Å². The van der Waals surface area contributed by atoms with Gasteiger partial charge >= 0.3 is 0 Å². The molecule has 128 valence electrons. The van der Waals surface area contributed by atoms with E-state index >= 15 is 0 Å². The Labute approximate surface area is 142 Å². The third kappa shape index (κ3) is 3.32. The first-order valence-corrected chi connectivity index (χ1v) is 9.21. The van der Waals surface area contributed by atoms with E-state index in [9.17, 15) is 8.42 Å². The molecule has 0 fully saturated rings. The molecule has 24 heavy (non-hydrogen) atoms. The molecule has 0 unspecified atom stereocenters. The van der Waals surface area contributed by atoms with E-state index in [1.807, 2.05) is 0 Å². The highest BCUT2D eigenvalue weighted by Crippen LogP contribution is 2.28. The van der Waals surface area contributed by atoms with Crippen LogP contribution in [0, 0.1) is 0 Å². The molecule has 0 aliphatic carbocycles. The van der Waals surface area contributed by atoms with Crippen molar-refractivity contribution in [3.8, 4) is 11.5 Å². The smallest absolute Gasteiger partial charge is 0.244 e. The van der Waals surface area contributed by atoms with Crippen LogP contribution < -0.4 is 14.2 Å². The zero-order chi connectivity index (χ0) is 17.2. The molecular formula is C13H15N5O4S2. The number of nitrogens with one attached hydrogen (secondary N) is 1. The number of hydrogen-bond acceptors (Lipinski definition) is 8. The summed E-state index contributed by atoms with van der Waals surface area (Å²) in [6.07, 6.45) is 1.94. The van der Waals surface area contributed by atoms with Gasteiger partial charge in [-0.3, -0.25) is 0 Å². The highest BCUT2D eigenvalue weighted by atomic mass is 32.2. The number of hydrogen-bond donors (Lipinski definition) is 1. The van der Waals surface area contributed by atoms with Gasteiger partial charge in [-0.15, -0.1) is 10.2 Å². The number of methoxy groups -OCH3 is 2. The van der Waals surface area contributed by atoms with Gasteiger partial charge in [-0.1, -0.05) is 11.3 Å². The molecule has 0 aliphatic rings. The summed E-state index contributed by atoms with van der Waals surface area (Å²) in [5.74, 6) is 0.687. The number of fused-ring (bicyclic) bond motifs is 1. The second-order valence-electron chi connectivity index (χ2n) is 4.72. The van der Waals surface area contributed by atoms with E-state index in [0.29, 0.717) is 17.1 Å². The first-order chi connectivity index (χ1) is 11.5. The zero-order valence-corrected chi connectivity index (χ0v) is 14.6. The fraction of sp³-hybridized carbons (Fsp3) is 0.308. The highest BCUT2D eigenvalue weighted by molar-refractivity contribution is 7.89. The van der Waals surface area contributed by atoms with Crippen molar-refractivity contribution < 1.29 is 17.9 Å². The summed E-state index contributed by atoms with van der Waals surface area (Å²) in [7, 11) is -0.847. The van der Waals surface area contributed by atoms with Crippen molar-refractivity contribution in [1.82, 2.24) is 24.5 Å². The molecule has 2 aromatic heterocycles. The SMILES string of the molecule is COc1ccc(OC)c(S(=O)(=O)NCCc2nn3cnnc3s2)c1. The van der Waals surface area contributed by atoms with Crippen LogP contribution in [0.3, 0.4) is 0 Å². The maximum atomic E-state index is 12.5. The first-order valence-electron chi connectivity index (χ1n) is 6.91. The van der Waals surface area contributed by atoms with E-state index in [2.05, 4.69) is 20.0 Å². The van der Waals surface area contributed by atoms with Gasteiger partial charge in [-0.05, 0) is 12.1 Å². The third-order valence-corrected chi connectivity index (χ3v) is 5.67. The van der Waals surface area contributed by atoms with E-state index in [1.165, 1.54) is 38.0 Å². The quantitative estimate of drug-likeness (QED) is 0.654. The van der Waals surface area contributed by atoms with Crippen molar-refractivity contribution in [1.29, 1.82) is 0 Å². The van der Waals surface area contributed by atoms with Crippen LogP contribution in [0.5, 0.6) is 11.5 Å². The van der Waals surface area contributed by atoms with Crippen LogP contribution in [-0.4, -0.2) is 49.0 Å². The van der Waals surface area contributed by atoms with Crippen LogP contribution in [0.1, 0.15) is 5.01 Å². The molecule has 0 atom stereocenters. The summed E-state index contributed by atoms with van der Waals surface area (Å²) >= 11 is 1.36. The predicted octanol–water partition coefficient (Wildman–Crippen LogP) is 0.724. The van der Waals surface area contributed by atoms with Gasteiger partial charge < -0.3 is 9.47 Å². The molecule has 2 heterocycles. The molecule has 0 aliphatic heterocycles. The van der Waals surface area contributed by atoms with Crippen LogP contribution in [-0.2, 0) is 16.4 Å².